The summed E-state index contributed by atoms with van der Waals surface area (Å²) in [4.78, 5) is 0. The molecule has 4 atom stereocenters. The molecule has 1 saturated carbocycles. The van der Waals surface area contributed by atoms with Crippen molar-refractivity contribution < 1.29 is 9.26 Å². The molecule has 0 aliphatic heterocycles. The SMILES string of the molecule is [B-][P+](O[C@@H]1C[C@H](C)CC[C@H]1C(C)C)(c1ccccc1)c1ccccc1OC. The highest BCUT2D eigenvalue weighted by Gasteiger charge is 2.39. The maximum atomic E-state index is 7.16. The van der Waals surface area contributed by atoms with Crippen LogP contribution in [0.4, 0.5) is 0 Å². The van der Waals surface area contributed by atoms with Gasteiger partial charge in [0.25, 0.3) is 0 Å². The van der Waals surface area contributed by atoms with Crippen molar-refractivity contribution in [2.75, 3.05) is 7.11 Å². The van der Waals surface area contributed by atoms with E-state index in [1.54, 1.807) is 7.11 Å². The maximum absolute atomic E-state index is 7.16. The molecule has 2 aromatic carbocycles. The Morgan fingerprint density at radius 3 is 2.33 bits per heavy atom. The first-order valence-electron chi connectivity index (χ1n) is 10.0. The zero-order valence-corrected chi connectivity index (χ0v) is 17.9. The summed E-state index contributed by atoms with van der Waals surface area (Å²) in [5.41, 5.74) is 0. The first-order chi connectivity index (χ1) is 13.0. The molecule has 0 heterocycles. The fourth-order valence-corrected chi connectivity index (χ4v) is 6.86. The van der Waals surface area contributed by atoms with Crippen molar-refractivity contribution >= 4 is 25.5 Å². The molecule has 3 radical (unpaired) electrons. The van der Waals surface area contributed by atoms with Crippen LogP contribution in [0.25, 0.3) is 0 Å². The fraction of sp³-hybridized carbons (Fsp3) is 0.478. The Kier molecular flexibility index (Phi) is 6.66. The molecule has 2 nitrogen and oxygen atoms in total. The van der Waals surface area contributed by atoms with Gasteiger partial charge in [-0.15, -0.1) is 0 Å². The molecule has 1 aliphatic rings. The van der Waals surface area contributed by atoms with Gasteiger partial charge in [0.15, 0.2) is 5.75 Å². The van der Waals surface area contributed by atoms with Gasteiger partial charge in [-0.1, -0.05) is 64.9 Å². The van der Waals surface area contributed by atoms with Gasteiger partial charge >= 0.3 is 0 Å². The Hall–Kier alpha value is -1.31. The minimum absolute atomic E-state index is 0.178. The quantitative estimate of drug-likeness (QED) is 0.510. The van der Waals surface area contributed by atoms with Crippen LogP contribution in [0.15, 0.2) is 54.6 Å². The van der Waals surface area contributed by atoms with Crippen LogP contribution in [0.3, 0.4) is 0 Å². The zero-order chi connectivity index (χ0) is 19.4. The molecule has 0 aromatic heterocycles. The van der Waals surface area contributed by atoms with Crippen molar-refractivity contribution in [3.63, 3.8) is 0 Å². The second-order valence-electron chi connectivity index (χ2n) is 8.14. The summed E-state index contributed by atoms with van der Waals surface area (Å²) in [6, 6.07) is 18.3. The topological polar surface area (TPSA) is 18.5 Å². The van der Waals surface area contributed by atoms with Crippen molar-refractivity contribution in [2.45, 2.75) is 46.1 Å². The second-order valence-corrected chi connectivity index (χ2v) is 10.7. The van der Waals surface area contributed by atoms with Gasteiger partial charge in [0.1, 0.15) is 5.30 Å². The molecule has 0 amide bonds. The number of hydrogen-bond acceptors (Lipinski definition) is 2. The summed E-state index contributed by atoms with van der Waals surface area (Å²) in [6.07, 6.45) is 3.74. The van der Waals surface area contributed by atoms with E-state index in [1.807, 2.05) is 36.4 Å². The molecule has 3 rings (SSSR count). The largest absolute Gasteiger partial charge is 0.493 e. The monoisotopic (exact) mass is 381 g/mol. The Bertz CT molecular complexity index is 736. The third-order valence-corrected chi connectivity index (χ3v) is 8.60. The van der Waals surface area contributed by atoms with E-state index in [0.717, 1.165) is 22.8 Å². The van der Waals surface area contributed by atoms with E-state index in [0.29, 0.717) is 17.8 Å². The predicted octanol–water partition coefficient (Wildman–Crippen LogP) is 5.14. The lowest BCUT2D eigenvalue weighted by Gasteiger charge is -2.44. The van der Waals surface area contributed by atoms with Crippen LogP contribution in [-0.4, -0.2) is 20.8 Å². The summed E-state index contributed by atoms with van der Waals surface area (Å²) in [5, 5.41) is 2.05. The molecule has 0 saturated heterocycles. The molecule has 0 bridgehead atoms. The van der Waals surface area contributed by atoms with Crippen LogP contribution in [0.5, 0.6) is 5.75 Å². The predicted molar refractivity (Wildman–Crippen MR) is 118 cm³/mol. The summed E-state index contributed by atoms with van der Waals surface area (Å²) >= 11 is 0. The van der Waals surface area contributed by atoms with E-state index in [4.69, 9.17) is 16.8 Å². The molecular formula is C23H31BO2P. The van der Waals surface area contributed by atoms with Crippen LogP contribution in [0.1, 0.15) is 40.0 Å². The minimum Gasteiger partial charge on any atom is -0.493 e. The van der Waals surface area contributed by atoms with Crippen molar-refractivity contribution in [3.8, 4) is 5.75 Å². The highest BCUT2D eigenvalue weighted by Crippen LogP contribution is 2.58. The number of para-hydroxylation sites is 1. The number of benzene rings is 2. The second kappa shape index (κ2) is 8.80. The Labute approximate surface area is 166 Å². The van der Waals surface area contributed by atoms with Gasteiger partial charge in [0.2, 0.25) is 0 Å². The van der Waals surface area contributed by atoms with Crippen molar-refractivity contribution in [2.24, 2.45) is 17.8 Å². The number of methoxy groups -OCH3 is 1. The molecule has 1 unspecified atom stereocenters. The normalized spacial score (nSPS) is 25.2. The third-order valence-electron chi connectivity index (χ3n) is 5.85. The van der Waals surface area contributed by atoms with Gasteiger partial charge in [-0.3, -0.25) is 4.52 Å². The van der Waals surface area contributed by atoms with Crippen LogP contribution < -0.4 is 15.3 Å². The highest BCUT2D eigenvalue weighted by molar-refractivity contribution is 8.05. The highest BCUT2D eigenvalue weighted by atomic mass is 31.2. The van der Waals surface area contributed by atoms with Gasteiger partial charge in [0, 0.05) is 0 Å². The van der Waals surface area contributed by atoms with E-state index >= 15 is 0 Å². The average molecular weight is 381 g/mol. The van der Waals surface area contributed by atoms with Crippen molar-refractivity contribution in [3.05, 3.63) is 54.6 Å². The van der Waals surface area contributed by atoms with E-state index in [-0.39, 0.29) is 6.10 Å². The average Bonchev–Trinajstić information content (AvgIpc) is 2.68. The summed E-state index contributed by atoms with van der Waals surface area (Å²) < 4.78 is 12.6. The molecule has 0 N–H and O–H groups in total. The van der Waals surface area contributed by atoms with E-state index < -0.39 is 7.37 Å². The van der Waals surface area contributed by atoms with Gasteiger partial charge < -0.3 is 4.74 Å². The lowest BCUT2D eigenvalue weighted by molar-refractivity contribution is 0.0563. The first-order valence-corrected chi connectivity index (χ1v) is 11.8. The Morgan fingerprint density at radius 1 is 1.00 bits per heavy atom. The van der Waals surface area contributed by atoms with Gasteiger partial charge in [-0.05, 0) is 54.9 Å². The van der Waals surface area contributed by atoms with Gasteiger partial charge in [-0.25, -0.2) is 7.57 Å². The molecule has 2 aromatic rings. The molecule has 0 spiro atoms. The molecule has 143 valence electrons. The molecular weight excluding hydrogens is 350 g/mol. The van der Waals surface area contributed by atoms with Crippen LogP contribution in [0, 0.1) is 17.8 Å². The first kappa shape index (κ1) is 20.4. The van der Waals surface area contributed by atoms with Gasteiger partial charge in [-0.2, -0.15) is 0 Å². The third kappa shape index (κ3) is 4.41. The molecule has 1 fully saturated rings. The molecule has 27 heavy (non-hydrogen) atoms. The standard InChI is InChI=1S/C23H31BO2P/c1-17(2)20-15-14-18(3)16-22(20)26-27(24,19-10-6-5-7-11-19)23-13-9-8-12-21(23)25-4/h5-13,17-18,20,22H,14-16H2,1-4H3/t18-,20+,22-,27?/m1/s1. The van der Waals surface area contributed by atoms with Crippen LogP contribution in [0.2, 0.25) is 0 Å². The van der Waals surface area contributed by atoms with E-state index in [2.05, 4.69) is 39.0 Å². The number of rotatable bonds is 6. The van der Waals surface area contributed by atoms with E-state index in [1.165, 1.54) is 12.8 Å². The van der Waals surface area contributed by atoms with Crippen LogP contribution in [-0.2, 0) is 4.52 Å². The summed E-state index contributed by atoms with van der Waals surface area (Å²) in [5.74, 6) is 2.61. The van der Waals surface area contributed by atoms with Crippen molar-refractivity contribution in [1.82, 2.24) is 0 Å². The van der Waals surface area contributed by atoms with Gasteiger partial charge in [0.05, 0.1) is 18.5 Å². The minimum atomic E-state index is -2.53. The fourth-order valence-electron chi connectivity index (χ4n) is 4.26. The smallest absolute Gasteiger partial charge is 0.159 e. The van der Waals surface area contributed by atoms with Crippen molar-refractivity contribution in [1.29, 1.82) is 0 Å². The molecule has 4 heteroatoms. The number of ether oxygens (including phenoxy) is 1. The summed E-state index contributed by atoms with van der Waals surface area (Å²) in [7, 11) is 6.34. The lowest BCUT2D eigenvalue weighted by Crippen LogP contribution is -2.38. The Balaban J connectivity index is 2.05. The maximum Gasteiger partial charge on any atom is 0.159 e. The zero-order valence-electron chi connectivity index (χ0n) is 17.0. The van der Waals surface area contributed by atoms with Crippen LogP contribution >= 0.6 is 7.37 Å². The Morgan fingerprint density at radius 2 is 1.67 bits per heavy atom. The molecule has 1 aliphatic carbocycles. The summed E-state index contributed by atoms with van der Waals surface area (Å²) in [6.45, 7) is 6.94. The lowest BCUT2D eigenvalue weighted by atomic mass is 9.75. The number of hydrogen-bond donors (Lipinski definition) is 0. The van der Waals surface area contributed by atoms with E-state index in [9.17, 15) is 0 Å².